The van der Waals surface area contributed by atoms with Gasteiger partial charge in [0.2, 0.25) is 0 Å². The average Bonchev–Trinajstić information content (AvgIpc) is 3.87. The highest BCUT2D eigenvalue weighted by Crippen LogP contribution is 2.62. The molecule has 0 saturated heterocycles. The Bertz CT molecular complexity index is 3510. The molecule has 1 aliphatic carbocycles. The lowest BCUT2D eigenvalue weighted by molar-refractivity contribution is 0.361. The zero-order valence-electron chi connectivity index (χ0n) is 34.4. The van der Waals surface area contributed by atoms with Crippen molar-refractivity contribution in [2.75, 3.05) is 0 Å². The second-order valence-electron chi connectivity index (χ2n) is 16.3. The number of rotatable bonds is 6. The first kappa shape index (κ1) is 36.1. The van der Waals surface area contributed by atoms with Gasteiger partial charge in [0.25, 0.3) is 0 Å². The van der Waals surface area contributed by atoms with Gasteiger partial charge in [0, 0.05) is 33.2 Å². The van der Waals surface area contributed by atoms with Gasteiger partial charge in [-0.1, -0.05) is 164 Å². The maximum absolute atomic E-state index is 7.22. The summed E-state index contributed by atoms with van der Waals surface area (Å²) in [6.07, 6.45) is 0. The molecule has 0 amide bonds. The van der Waals surface area contributed by atoms with E-state index in [1.165, 1.54) is 27.5 Å². The molecular formula is C58H36N4O2. The molecule has 64 heavy (non-hydrogen) atoms. The average molecular weight is 821 g/mol. The fraction of sp³-hybridized carbons (Fsp3) is 0.0172. The van der Waals surface area contributed by atoms with Crippen LogP contribution in [0.4, 0.5) is 0 Å². The van der Waals surface area contributed by atoms with Crippen LogP contribution in [0.15, 0.2) is 218 Å². The van der Waals surface area contributed by atoms with Gasteiger partial charge in [-0.25, -0.2) is 15.0 Å². The Labute approximate surface area is 369 Å². The van der Waals surface area contributed by atoms with E-state index in [0.29, 0.717) is 46.0 Å². The van der Waals surface area contributed by atoms with Gasteiger partial charge in [-0.2, -0.15) is 0 Å². The summed E-state index contributed by atoms with van der Waals surface area (Å²) in [7, 11) is 0. The van der Waals surface area contributed by atoms with Gasteiger partial charge in [0.05, 0.1) is 22.0 Å². The first-order valence-electron chi connectivity index (χ1n) is 21.5. The molecular weight excluding hydrogens is 785 g/mol. The topological polar surface area (TPSA) is 62.1 Å². The molecule has 0 unspecified atom stereocenters. The largest absolute Gasteiger partial charge is 0.449 e. The number of aromatic nitrogens is 4. The molecule has 0 atom stereocenters. The number of para-hydroxylation sites is 3. The van der Waals surface area contributed by atoms with Gasteiger partial charge in [-0.3, -0.25) is 0 Å². The predicted octanol–water partition coefficient (Wildman–Crippen LogP) is 14.2. The molecule has 1 aliphatic heterocycles. The number of fused-ring (bicyclic) bond motifs is 9. The highest BCUT2D eigenvalue weighted by Gasteiger charge is 2.48. The Balaban J connectivity index is 0.961. The summed E-state index contributed by atoms with van der Waals surface area (Å²) in [5, 5.41) is 2.44. The van der Waals surface area contributed by atoms with E-state index in [1.54, 1.807) is 0 Å². The van der Waals surface area contributed by atoms with E-state index in [9.17, 15) is 0 Å². The molecule has 0 fully saturated rings. The third-order valence-electron chi connectivity index (χ3n) is 12.8. The summed E-state index contributed by atoms with van der Waals surface area (Å²) < 4.78 is 16.3. The quantitative estimate of drug-likeness (QED) is 0.167. The number of ether oxygens (including phenoxy) is 2. The van der Waals surface area contributed by atoms with Gasteiger partial charge in [-0.15, -0.1) is 0 Å². The van der Waals surface area contributed by atoms with E-state index in [0.717, 1.165) is 44.5 Å². The molecule has 0 radical (unpaired) electrons. The Morgan fingerprint density at radius 1 is 0.359 bits per heavy atom. The summed E-state index contributed by atoms with van der Waals surface area (Å²) in [5.41, 5.74) is 12.0. The summed E-state index contributed by atoms with van der Waals surface area (Å²) in [5.74, 6) is 4.06. The minimum atomic E-state index is -0.586. The molecule has 9 aromatic carbocycles. The van der Waals surface area contributed by atoms with Crippen molar-refractivity contribution in [2.45, 2.75) is 5.41 Å². The molecule has 0 N–H and O–H groups in total. The molecule has 2 aromatic heterocycles. The van der Waals surface area contributed by atoms with Crippen LogP contribution in [0.3, 0.4) is 0 Å². The van der Waals surface area contributed by atoms with Crippen molar-refractivity contribution in [1.29, 1.82) is 0 Å². The van der Waals surface area contributed by atoms with Gasteiger partial charge in [0.1, 0.15) is 0 Å². The molecule has 0 saturated carbocycles. The van der Waals surface area contributed by atoms with Gasteiger partial charge < -0.3 is 14.0 Å². The Morgan fingerprint density at radius 3 is 1.56 bits per heavy atom. The van der Waals surface area contributed by atoms with Crippen LogP contribution in [-0.4, -0.2) is 19.5 Å². The van der Waals surface area contributed by atoms with E-state index in [2.05, 4.69) is 168 Å². The SMILES string of the molecule is c1ccc(-c2nc(-c3ccc(-n4c5ccccc5c5ccccc54)cc3)nc(-c3cccc4c3Oc3c(ccc5c3-c3ccccc3C5(c3ccccc3)c3ccccc3)O4)n2)cc1. The second kappa shape index (κ2) is 14.2. The van der Waals surface area contributed by atoms with Crippen LogP contribution in [0.25, 0.3) is 72.8 Å². The zero-order valence-corrected chi connectivity index (χ0v) is 34.4. The fourth-order valence-electron chi connectivity index (χ4n) is 10.1. The van der Waals surface area contributed by atoms with E-state index in [1.807, 2.05) is 54.6 Å². The smallest absolute Gasteiger partial charge is 0.181 e. The Hall–Kier alpha value is -8.61. The van der Waals surface area contributed by atoms with Crippen LogP contribution in [0.5, 0.6) is 23.0 Å². The van der Waals surface area contributed by atoms with Gasteiger partial charge >= 0.3 is 0 Å². The summed E-state index contributed by atoms with van der Waals surface area (Å²) in [6.45, 7) is 0. The molecule has 300 valence electrons. The minimum absolute atomic E-state index is 0.482. The Kier molecular flexibility index (Phi) is 8.02. The number of nitrogens with zero attached hydrogens (tertiary/aromatic N) is 4. The summed E-state index contributed by atoms with van der Waals surface area (Å²) in [6, 6.07) is 76.0. The lowest BCUT2D eigenvalue weighted by Crippen LogP contribution is -2.28. The molecule has 0 bridgehead atoms. The minimum Gasteiger partial charge on any atom is -0.449 e. The van der Waals surface area contributed by atoms with Crippen molar-refractivity contribution in [3.05, 3.63) is 241 Å². The van der Waals surface area contributed by atoms with E-state index in [-0.39, 0.29) is 0 Å². The molecule has 3 heterocycles. The molecule has 6 nitrogen and oxygen atoms in total. The maximum atomic E-state index is 7.22. The van der Waals surface area contributed by atoms with E-state index >= 15 is 0 Å². The van der Waals surface area contributed by atoms with Crippen LogP contribution < -0.4 is 9.47 Å². The van der Waals surface area contributed by atoms with Crippen molar-refractivity contribution in [1.82, 2.24) is 19.5 Å². The van der Waals surface area contributed by atoms with Crippen molar-refractivity contribution < 1.29 is 9.47 Å². The number of hydrogen-bond acceptors (Lipinski definition) is 5. The molecule has 11 aromatic rings. The zero-order chi connectivity index (χ0) is 42.2. The Morgan fingerprint density at radius 2 is 0.891 bits per heavy atom. The van der Waals surface area contributed by atoms with Crippen LogP contribution in [0.2, 0.25) is 0 Å². The normalized spacial score (nSPS) is 13.1. The highest BCUT2D eigenvalue weighted by atomic mass is 16.6. The lowest BCUT2D eigenvalue weighted by Gasteiger charge is -2.34. The third kappa shape index (κ3) is 5.36. The van der Waals surface area contributed by atoms with Crippen LogP contribution >= 0.6 is 0 Å². The van der Waals surface area contributed by atoms with Gasteiger partial charge in [-0.05, 0) is 82.4 Å². The molecule has 0 spiro atoms. The second-order valence-corrected chi connectivity index (χ2v) is 16.3. The molecule has 13 rings (SSSR count). The van der Waals surface area contributed by atoms with Crippen molar-refractivity contribution >= 4 is 21.8 Å². The summed E-state index contributed by atoms with van der Waals surface area (Å²) >= 11 is 0. The standard InChI is InChI=1S/C58H36N4O2/c1-4-17-37(18-5-1)55-59-56(38-31-33-41(34-32-38)62-48-28-14-11-23-42(48)43-24-12-15-29-49(43)62)61-57(60-55)45-26-16-30-50-53(45)64-54-51(63-50)36-35-47-52(54)44-25-10-13-27-46(44)58(47,39-19-6-2-7-20-39)40-21-8-3-9-22-40/h1-36H. The lowest BCUT2D eigenvalue weighted by atomic mass is 9.68. The van der Waals surface area contributed by atoms with E-state index in [4.69, 9.17) is 24.4 Å². The number of hydrogen-bond donors (Lipinski definition) is 0. The van der Waals surface area contributed by atoms with Crippen LogP contribution in [0, 0.1) is 0 Å². The van der Waals surface area contributed by atoms with Gasteiger partial charge in [0.15, 0.2) is 40.5 Å². The third-order valence-corrected chi connectivity index (χ3v) is 12.8. The first-order valence-corrected chi connectivity index (χ1v) is 21.5. The summed E-state index contributed by atoms with van der Waals surface area (Å²) in [4.78, 5) is 15.4. The fourth-order valence-corrected chi connectivity index (χ4v) is 10.1. The van der Waals surface area contributed by atoms with Crippen molar-refractivity contribution in [3.8, 4) is 74.0 Å². The van der Waals surface area contributed by atoms with Crippen LogP contribution in [-0.2, 0) is 5.41 Å². The van der Waals surface area contributed by atoms with E-state index < -0.39 is 5.41 Å². The van der Waals surface area contributed by atoms with Crippen molar-refractivity contribution in [2.24, 2.45) is 0 Å². The highest BCUT2D eigenvalue weighted by molar-refractivity contribution is 6.09. The maximum Gasteiger partial charge on any atom is 0.181 e. The molecule has 2 aliphatic rings. The molecule has 6 heteroatoms. The van der Waals surface area contributed by atoms with Crippen molar-refractivity contribution in [3.63, 3.8) is 0 Å². The monoisotopic (exact) mass is 820 g/mol. The first-order chi connectivity index (χ1) is 31.7. The van der Waals surface area contributed by atoms with Crippen LogP contribution in [0.1, 0.15) is 22.3 Å². The predicted molar refractivity (Wildman–Crippen MR) is 254 cm³/mol. The number of benzene rings is 9.